The van der Waals surface area contributed by atoms with E-state index in [0.717, 1.165) is 37.5 Å². The van der Waals surface area contributed by atoms with Gasteiger partial charge in [-0.2, -0.15) is 0 Å². The number of fused-ring (bicyclic) bond motifs is 3. The summed E-state index contributed by atoms with van der Waals surface area (Å²) in [6.45, 7) is 2.91. The average Bonchev–Trinajstić information content (AvgIpc) is 3.24. The van der Waals surface area contributed by atoms with E-state index in [2.05, 4.69) is 29.6 Å². The zero-order valence-electron chi connectivity index (χ0n) is 12.9. The minimum Gasteiger partial charge on any atom is -0.380 e. The van der Waals surface area contributed by atoms with E-state index in [0.29, 0.717) is 6.04 Å². The molecule has 3 aliphatic carbocycles. The molecule has 3 aliphatic rings. The fraction of sp³-hybridized carbons (Fsp3) is 0.684. The van der Waals surface area contributed by atoms with Crippen LogP contribution in [0.4, 0.5) is 0 Å². The summed E-state index contributed by atoms with van der Waals surface area (Å²) in [5, 5.41) is 3.83. The molecule has 0 amide bonds. The molecule has 2 heteroatoms. The molecule has 1 N–H and O–H groups in total. The summed E-state index contributed by atoms with van der Waals surface area (Å²) in [6, 6.07) is 9.79. The van der Waals surface area contributed by atoms with Crippen molar-refractivity contribution in [3.05, 3.63) is 35.4 Å². The molecule has 2 unspecified atom stereocenters. The molecule has 2 saturated carbocycles. The van der Waals surface area contributed by atoms with E-state index in [9.17, 15) is 0 Å². The van der Waals surface area contributed by atoms with Gasteiger partial charge in [0, 0.05) is 19.2 Å². The van der Waals surface area contributed by atoms with Crippen molar-refractivity contribution in [2.45, 2.75) is 44.6 Å². The lowest BCUT2D eigenvalue weighted by atomic mass is 9.94. The second-order valence-electron chi connectivity index (χ2n) is 7.27. The minimum atomic E-state index is 0.710. The summed E-state index contributed by atoms with van der Waals surface area (Å²) in [5.41, 5.74) is 3.20. The Balaban J connectivity index is 1.32. The number of hydrogen-bond donors (Lipinski definition) is 1. The van der Waals surface area contributed by atoms with E-state index >= 15 is 0 Å². The maximum Gasteiger partial charge on any atom is 0.0591 e. The molecule has 2 fully saturated rings. The first-order valence-corrected chi connectivity index (χ1v) is 8.78. The molecule has 0 aromatic heterocycles. The molecule has 114 valence electrons. The summed E-state index contributed by atoms with van der Waals surface area (Å²) in [4.78, 5) is 0. The van der Waals surface area contributed by atoms with Gasteiger partial charge in [0.2, 0.25) is 0 Å². The number of benzene rings is 1. The summed E-state index contributed by atoms with van der Waals surface area (Å²) >= 11 is 0. The van der Waals surface area contributed by atoms with Crippen molar-refractivity contribution in [1.29, 1.82) is 0 Å². The van der Waals surface area contributed by atoms with Gasteiger partial charge < -0.3 is 10.1 Å². The molecule has 2 atom stereocenters. The highest BCUT2D eigenvalue weighted by molar-refractivity contribution is 5.30. The summed E-state index contributed by atoms with van der Waals surface area (Å²) in [7, 11) is 0. The number of nitrogens with one attached hydrogen (secondary N) is 1. The van der Waals surface area contributed by atoms with Crippen molar-refractivity contribution < 1.29 is 4.74 Å². The Labute approximate surface area is 128 Å². The number of rotatable bonds is 6. The lowest BCUT2D eigenvalue weighted by Crippen LogP contribution is -2.39. The molecule has 2 bridgehead atoms. The van der Waals surface area contributed by atoms with Crippen molar-refractivity contribution in [2.75, 3.05) is 19.8 Å². The largest absolute Gasteiger partial charge is 0.380 e. The van der Waals surface area contributed by atoms with Gasteiger partial charge in [-0.15, -0.1) is 0 Å². The van der Waals surface area contributed by atoms with E-state index in [4.69, 9.17) is 4.74 Å². The predicted octanol–water partition coefficient (Wildman–Crippen LogP) is 3.20. The molecule has 1 aromatic carbocycles. The van der Waals surface area contributed by atoms with Gasteiger partial charge in [0.15, 0.2) is 0 Å². The van der Waals surface area contributed by atoms with E-state index in [-0.39, 0.29) is 0 Å². The van der Waals surface area contributed by atoms with E-state index in [1.54, 1.807) is 11.1 Å². The number of ether oxygens (including phenoxy) is 1. The van der Waals surface area contributed by atoms with Crippen molar-refractivity contribution in [1.82, 2.24) is 5.32 Å². The van der Waals surface area contributed by atoms with Crippen LogP contribution in [-0.4, -0.2) is 25.8 Å². The van der Waals surface area contributed by atoms with Crippen LogP contribution in [0.1, 0.15) is 36.8 Å². The zero-order chi connectivity index (χ0) is 14.1. The zero-order valence-corrected chi connectivity index (χ0v) is 12.9. The first-order chi connectivity index (χ1) is 10.4. The standard InChI is InChI=1S/C19H27NO/c1-2-4-16-12-18-8-7-17(11-15(16)3-1)19(18)20-9-10-21-13-14-5-6-14/h1-4,14,17-20H,5-13H2. The molecule has 0 spiro atoms. The normalized spacial score (nSPS) is 31.0. The molecule has 4 rings (SSSR count). The Morgan fingerprint density at radius 3 is 2.24 bits per heavy atom. The van der Waals surface area contributed by atoms with Gasteiger partial charge in [0.05, 0.1) is 6.61 Å². The second-order valence-corrected chi connectivity index (χ2v) is 7.27. The van der Waals surface area contributed by atoms with Crippen LogP contribution in [0.2, 0.25) is 0 Å². The van der Waals surface area contributed by atoms with Crippen LogP contribution < -0.4 is 5.32 Å². The van der Waals surface area contributed by atoms with E-state index < -0.39 is 0 Å². The average molecular weight is 285 g/mol. The van der Waals surface area contributed by atoms with Crippen LogP contribution in [0.15, 0.2) is 24.3 Å². The molecule has 0 saturated heterocycles. The van der Waals surface area contributed by atoms with Crippen LogP contribution in [-0.2, 0) is 17.6 Å². The summed E-state index contributed by atoms with van der Waals surface area (Å²) in [5.74, 6) is 2.55. The van der Waals surface area contributed by atoms with Crippen LogP contribution >= 0.6 is 0 Å². The van der Waals surface area contributed by atoms with Gasteiger partial charge in [-0.05, 0) is 67.4 Å². The quantitative estimate of drug-likeness (QED) is 0.811. The summed E-state index contributed by atoms with van der Waals surface area (Å²) in [6.07, 6.45) is 8.12. The van der Waals surface area contributed by atoms with Crippen molar-refractivity contribution in [2.24, 2.45) is 17.8 Å². The third kappa shape index (κ3) is 3.17. The van der Waals surface area contributed by atoms with Gasteiger partial charge in [0.25, 0.3) is 0 Å². The van der Waals surface area contributed by atoms with Gasteiger partial charge in [-0.25, -0.2) is 0 Å². The second kappa shape index (κ2) is 6.10. The third-order valence-corrected chi connectivity index (χ3v) is 5.68. The van der Waals surface area contributed by atoms with E-state index in [1.165, 1.54) is 38.5 Å². The van der Waals surface area contributed by atoms with Gasteiger partial charge in [-0.3, -0.25) is 0 Å². The third-order valence-electron chi connectivity index (χ3n) is 5.68. The molecular formula is C19H27NO. The highest BCUT2D eigenvalue weighted by Gasteiger charge is 2.38. The smallest absolute Gasteiger partial charge is 0.0591 e. The number of hydrogen-bond acceptors (Lipinski definition) is 2. The Bertz CT molecular complexity index is 449. The molecule has 21 heavy (non-hydrogen) atoms. The lowest BCUT2D eigenvalue weighted by molar-refractivity contribution is 0.121. The highest BCUT2D eigenvalue weighted by Crippen LogP contribution is 2.39. The Morgan fingerprint density at radius 1 is 0.952 bits per heavy atom. The summed E-state index contributed by atoms with van der Waals surface area (Å²) < 4.78 is 5.77. The van der Waals surface area contributed by atoms with Crippen molar-refractivity contribution in [3.63, 3.8) is 0 Å². The first kappa shape index (κ1) is 13.8. The van der Waals surface area contributed by atoms with Crippen molar-refractivity contribution in [3.8, 4) is 0 Å². The van der Waals surface area contributed by atoms with Gasteiger partial charge in [0.1, 0.15) is 0 Å². The Morgan fingerprint density at radius 2 is 1.62 bits per heavy atom. The highest BCUT2D eigenvalue weighted by atomic mass is 16.5. The molecule has 0 radical (unpaired) electrons. The van der Waals surface area contributed by atoms with Gasteiger partial charge in [-0.1, -0.05) is 24.3 Å². The van der Waals surface area contributed by atoms with Crippen LogP contribution in [0.3, 0.4) is 0 Å². The van der Waals surface area contributed by atoms with Crippen LogP contribution in [0.5, 0.6) is 0 Å². The topological polar surface area (TPSA) is 21.3 Å². The fourth-order valence-corrected chi connectivity index (χ4v) is 4.32. The van der Waals surface area contributed by atoms with Crippen molar-refractivity contribution >= 4 is 0 Å². The SMILES string of the molecule is c1ccc2c(c1)CC1CCC(C2)C1NCCOCC1CC1. The molecular weight excluding hydrogens is 258 g/mol. The Kier molecular flexibility index (Phi) is 4.00. The molecule has 1 aromatic rings. The predicted molar refractivity (Wildman–Crippen MR) is 85.4 cm³/mol. The van der Waals surface area contributed by atoms with E-state index in [1.807, 2.05) is 0 Å². The molecule has 2 nitrogen and oxygen atoms in total. The molecule has 0 heterocycles. The Hall–Kier alpha value is -0.860. The molecule has 0 aliphatic heterocycles. The maximum atomic E-state index is 5.77. The fourth-order valence-electron chi connectivity index (χ4n) is 4.32. The lowest BCUT2D eigenvalue weighted by Gasteiger charge is -2.23. The van der Waals surface area contributed by atoms with Crippen LogP contribution in [0.25, 0.3) is 0 Å². The maximum absolute atomic E-state index is 5.77. The minimum absolute atomic E-state index is 0.710. The van der Waals surface area contributed by atoms with Gasteiger partial charge >= 0.3 is 0 Å². The van der Waals surface area contributed by atoms with Crippen LogP contribution in [0, 0.1) is 17.8 Å². The first-order valence-electron chi connectivity index (χ1n) is 8.78. The monoisotopic (exact) mass is 285 g/mol.